The summed E-state index contributed by atoms with van der Waals surface area (Å²) in [6.45, 7) is 95.8. The molecule has 4 amide bonds. The van der Waals surface area contributed by atoms with Crippen molar-refractivity contribution >= 4 is 47.5 Å². The van der Waals surface area contributed by atoms with E-state index in [-0.39, 0.29) is 103 Å². The Morgan fingerprint density at radius 1 is 0.354 bits per heavy atom. The number of amides is 4. The molecule has 0 fully saturated rings. The molecule has 16 nitrogen and oxygen atoms in total. The van der Waals surface area contributed by atoms with Crippen molar-refractivity contribution in [3.8, 4) is 0 Å². The van der Waals surface area contributed by atoms with Crippen molar-refractivity contribution in [1.29, 1.82) is 0 Å². The predicted molar refractivity (Wildman–Crippen MR) is 407 cm³/mol. The van der Waals surface area contributed by atoms with E-state index >= 15 is 0 Å². The summed E-state index contributed by atoms with van der Waals surface area (Å²) in [7, 11) is 0. The van der Waals surface area contributed by atoms with E-state index in [4.69, 9.17) is 18.9 Å². The van der Waals surface area contributed by atoms with Gasteiger partial charge in [-0.1, -0.05) is 230 Å². The normalized spacial score (nSPS) is 11.8. The van der Waals surface area contributed by atoms with Gasteiger partial charge in [0, 0.05) is 76.7 Å². The Bertz CT molecular complexity index is 2360. The number of likely N-dealkylation sites (N-methyl/N-ethyl adjacent to an activating group) is 2. The van der Waals surface area contributed by atoms with Crippen LogP contribution in [0.25, 0.3) is 0 Å². The Labute approximate surface area is 589 Å². The first kappa shape index (κ1) is 105. The molecule has 0 aliphatic rings. The Hall–Kier alpha value is -6.84. The molecule has 0 bridgehead atoms. The number of rotatable bonds is 24. The van der Waals surface area contributed by atoms with Crippen LogP contribution in [0, 0.1) is 43.3 Å². The van der Waals surface area contributed by atoms with Crippen LogP contribution in [0.15, 0.2) is 126 Å². The first-order valence-corrected chi connectivity index (χ1v) is 33.4. The van der Waals surface area contributed by atoms with E-state index in [1.54, 1.807) is 52.9 Å². The van der Waals surface area contributed by atoms with Crippen molar-refractivity contribution < 1.29 is 57.3 Å². The average molecular weight is 1350 g/mol. The zero-order valence-corrected chi connectivity index (χ0v) is 66.9. The van der Waals surface area contributed by atoms with Crippen LogP contribution in [0.1, 0.15) is 221 Å². The second-order valence-corrected chi connectivity index (χ2v) is 32.0. The van der Waals surface area contributed by atoms with Crippen LogP contribution in [-0.2, 0) is 57.3 Å². The summed E-state index contributed by atoms with van der Waals surface area (Å²) in [5.74, 6) is -1.23. The van der Waals surface area contributed by atoms with E-state index in [2.05, 4.69) is 136 Å². The fraction of sp³-hybridized carbons (Fsp3) is 0.650. The van der Waals surface area contributed by atoms with Gasteiger partial charge in [-0.3, -0.25) is 19.2 Å². The molecule has 0 saturated heterocycles. The minimum absolute atomic E-state index is 0.00132. The maximum absolute atomic E-state index is 11.4. The van der Waals surface area contributed by atoms with Crippen LogP contribution in [0.3, 0.4) is 0 Å². The largest absolute Gasteiger partial charge is 0.462 e. The summed E-state index contributed by atoms with van der Waals surface area (Å²) in [5.41, 5.74) is 0.915. The van der Waals surface area contributed by atoms with Crippen molar-refractivity contribution in [1.82, 2.24) is 19.6 Å². The van der Waals surface area contributed by atoms with Crippen molar-refractivity contribution in [2.75, 3.05) is 65.6 Å². The lowest BCUT2D eigenvalue weighted by Crippen LogP contribution is -2.36. The van der Waals surface area contributed by atoms with Gasteiger partial charge in [0.2, 0.25) is 23.6 Å². The maximum Gasteiger partial charge on any atom is 0.330 e. The van der Waals surface area contributed by atoms with Crippen LogP contribution < -0.4 is 0 Å². The summed E-state index contributed by atoms with van der Waals surface area (Å²) in [4.78, 5) is 95.3. The molecule has 0 saturated carbocycles. The average Bonchev–Trinajstić information content (AvgIpc) is 1.33. The van der Waals surface area contributed by atoms with Gasteiger partial charge in [0.05, 0.1) is 13.2 Å². The fourth-order valence-electron chi connectivity index (χ4n) is 5.95. The number of carbonyl (C=O) groups is 8. The molecule has 0 N–H and O–H groups in total. The molecule has 96 heavy (non-hydrogen) atoms. The number of carbonyl (C=O) groups excluding carboxylic acids is 8. The van der Waals surface area contributed by atoms with Gasteiger partial charge in [-0.2, -0.15) is 0 Å². The summed E-state index contributed by atoms with van der Waals surface area (Å²) >= 11 is 0. The van der Waals surface area contributed by atoms with Crippen LogP contribution in [0.5, 0.6) is 0 Å². The van der Waals surface area contributed by atoms with Gasteiger partial charge < -0.3 is 38.5 Å². The third-order valence-corrected chi connectivity index (χ3v) is 12.3. The third-order valence-electron chi connectivity index (χ3n) is 12.3. The molecule has 2 atom stereocenters. The summed E-state index contributed by atoms with van der Waals surface area (Å²) in [6.07, 6.45) is 19.4. The molecule has 0 aromatic rings. The molecule has 0 aliphatic carbocycles. The number of hydrogen-bond acceptors (Lipinski definition) is 12. The molecule has 0 spiro atoms. The van der Waals surface area contributed by atoms with Gasteiger partial charge in [0.1, 0.15) is 12.2 Å². The molecule has 0 heterocycles. The zero-order valence-electron chi connectivity index (χ0n) is 66.9. The quantitative estimate of drug-likeness (QED) is 0.0386. The Kier molecular flexibility index (Phi) is 59.4. The highest BCUT2D eigenvalue weighted by Crippen LogP contribution is 2.24. The molecule has 0 aromatic carbocycles. The second kappa shape index (κ2) is 54.2. The molecule has 0 rings (SSSR count). The highest BCUT2D eigenvalue weighted by molar-refractivity contribution is 5.88. The van der Waals surface area contributed by atoms with Gasteiger partial charge in [0.25, 0.3) is 0 Å². The molecular formula is C80H144N4O12. The Morgan fingerprint density at radius 2 is 0.635 bits per heavy atom. The first-order valence-electron chi connectivity index (χ1n) is 33.4. The van der Waals surface area contributed by atoms with Gasteiger partial charge >= 0.3 is 23.9 Å². The van der Waals surface area contributed by atoms with Crippen LogP contribution >= 0.6 is 0 Å². The Balaban J connectivity index is -0.000000154. The Morgan fingerprint density at radius 3 is 0.917 bits per heavy atom. The van der Waals surface area contributed by atoms with Crippen molar-refractivity contribution in [2.45, 2.75) is 233 Å². The van der Waals surface area contributed by atoms with Gasteiger partial charge in [-0.15, -0.1) is 13.2 Å². The van der Waals surface area contributed by atoms with Crippen LogP contribution in [0.2, 0.25) is 0 Å². The number of allylic oxidation sites excluding steroid dienone is 2. The predicted octanol–water partition coefficient (Wildman–Crippen LogP) is 18.0. The molecule has 2 unspecified atom stereocenters. The molecular weight excluding hydrogens is 1210 g/mol. The topological polar surface area (TPSA) is 186 Å². The first-order chi connectivity index (χ1) is 43.3. The van der Waals surface area contributed by atoms with Crippen LogP contribution in [-0.4, -0.2) is 145 Å². The number of ether oxygens (including phenoxy) is 4. The van der Waals surface area contributed by atoms with E-state index in [0.29, 0.717) is 26.3 Å². The summed E-state index contributed by atoms with van der Waals surface area (Å²) in [5, 5.41) is 0. The lowest BCUT2D eigenvalue weighted by Gasteiger charge is -2.28. The highest BCUT2D eigenvalue weighted by Gasteiger charge is 2.25. The van der Waals surface area contributed by atoms with E-state index in [9.17, 15) is 38.4 Å². The summed E-state index contributed by atoms with van der Waals surface area (Å²) in [6, 6.07) is 0. The third kappa shape index (κ3) is 77.9. The second-order valence-electron chi connectivity index (χ2n) is 32.0. The number of esters is 4. The van der Waals surface area contributed by atoms with Crippen molar-refractivity contribution in [3.05, 3.63) is 126 Å². The lowest BCUT2D eigenvalue weighted by atomic mass is 9.90. The van der Waals surface area contributed by atoms with Gasteiger partial charge in [-0.05, 0) is 122 Å². The van der Waals surface area contributed by atoms with Gasteiger partial charge in [-0.25, -0.2) is 19.2 Å². The smallest absolute Gasteiger partial charge is 0.330 e. The SMILES string of the molecule is C/C=C/C(=O)OC(C)C(C)(C)C.C/C=C/C(=O)OCC(C)(C)C.C=CC(=O)N(CC)CC(C)(C)C.C=CC(=O)N(CC)CCC(C)(C)C.C=CC(=O)OC(C)C(C)(C)C.C=CC(=O)OCC(C)(C)C.C=CCN(CC(C)(C)C)C(=O)C=C.C=CCN(CCC(C)(C)C)C(=O)C=C. The van der Waals surface area contributed by atoms with E-state index in [1.165, 1.54) is 48.6 Å². The lowest BCUT2D eigenvalue weighted by molar-refractivity contribution is -0.147. The van der Waals surface area contributed by atoms with E-state index in [1.807, 2.05) is 116 Å². The van der Waals surface area contributed by atoms with Crippen molar-refractivity contribution in [2.24, 2.45) is 43.3 Å². The number of nitrogens with zero attached hydrogens (tertiary/aromatic N) is 4. The molecule has 556 valence electrons. The standard InChI is InChI=1S/C12H21NO.C11H21NO.C11H19NO.C10H19NO.C10H18O2.2C9H16O2.C8H14O2/c1-6-9-13(11(14)7-2)10-8-12(3,4)5;1-6-10(13)12(7-2)9-8-11(3,4)5;1-6-8-12(10(13)7-2)9-11(3,4)5;1-6-9(12)11(7-2)8-10(3,4)5;1-6-7-9(11)12-8(2)10(3,4)5;1-6-8(10)11-7(2)9(3,4)5;1-5-6-8(10)11-7-9(2,3)4;1-5-7(9)10-6-8(2,3)4/h6-7H,1-2,8-10H2,3-5H3;6H,1,7-9H2,2-5H3;6-7H,1-2,8-9H2,3-5H3;6H,1,7-8H2,2-5H3;6-8H,1-5H3;6-7H,1H2,2-5H3;5-6H,7H2,1-4H3;5H,1,6H2,2-4H3/b;;;;7-6+;;6-5+;. The van der Waals surface area contributed by atoms with Crippen LogP contribution in [0.4, 0.5) is 0 Å². The highest BCUT2D eigenvalue weighted by atomic mass is 16.6. The maximum atomic E-state index is 11.4. The zero-order chi connectivity index (χ0) is 77.9. The van der Waals surface area contributed by atoms with E-state index < -0.39 is 0 Å². The number of hydrogen-bond donors (Lipinski definition) is 0. The molecule has 0 aliphatic heterocycles. The van der Waals surface area contributed by atoms with E-state index in [0.717, 1.165) is 52.1 Å². The molecule has 0 aromatic heterocycles. The fourth-order valence-corrected chi connectivity index (χ4v) is 5.95. The minimum atomic E-state index is -0.354. The minimum Gasteiger partial charge on any atom is -0.462 e. The molecule has 0 radical (unpaired) electrons. The molecule has 16 heteroatoms. The van der Waals surface area contributed by atoms with Crippen molar-refractivity contribution in [3.63, 3.8) is 0 Å². The summed E-state index contributed by atoms with van der Waals surface area (Å²) < 4.78 is 19.9. The van der Waals surface area contributed by atoms with Gasteiger partial charge in [0.15, 0.2) is 0 Å². The monoisotopic (exact) mass is 1350 g/mol.